The monoisotopic (exact) mass is 513 g/mol. The van der Waals surface area contributed by atoms with E-state index in [-0.39, 0.29) is 0 Å². The highest BCUT2D eigenvalue weighted by Crippen LogP contribution is 2.39. The van der Waals surface area contributed by atoms with Crippen molar-refractivity contribution in [1.29, 1.82) is 0 Å². The lowest BCUT2D eigenvalue weighted by Gasteiger charge is -2.26. The van der Waals surface area contributed by atoms with E-state index in [9.17, 15) is 0 Å². The molecular formula is C32H25BBrN. The van der Waals surface area contributed by atoms with Crippen LogP contribution in [0.15, 0.2) is 108 Å². The van der Waals surface area contributed by atoms with Gasteiger partial charge in [-0.2, -0.15) is 0 Å². The van der Waals surface area contributed by atoms with Crippen LogP contribution in [-0.2, 0) is 0 Å². The fourth-order valence-corrected chi connectivity index (χ4v) is 5.67. The lowest BCUT2D eigenvalue weighted by Crippen LogP contribution is -2.11. The van der Waals surface area contributed by atoms with Gasteiger partial charge in [0.05, 0.1) is 0 Å². The van der Waals surface area contributed by atoms with Crippen molar-refractivity contribution < 1.29 is 0 Å². The average Bonchev–Trinajstić information content (AvgIpc) is 2.87. The van der Waals surface area contributed by atoms with E-state index in [2.05, 4.69) is 146 Å². The molecule has 0 aliphatic carbocycles. The molecular weight excluding hydrogens is 489 g/mol. The van der Waals surface area contributed by atoms with Crippen LogP contribution in [0.4, 0.5) is 17.1 Å². The van der Waals surface area contributed by atoms with E-state index in [1.165, 1.54) is 48.9 Å². The molecule has 0 amide bonds. The topological polar surface area (TPSA) is 3.24 Å². The largest absolute Gasteiger partial charge is 0.310 e. The number of nitrogens with zero attached hydrogens (tertiary/aromatic N) is 1. The second-order valence-electron chi connectivity index (χ2n) is 9.43. The molecule has 0 aromatic heterocycles. The molecule has 0 radical (unpaired) electrons. The number of halogens is 1. The Kier molecular flexibility index (Phi) is 5.38. The molecule has 35 heavy (non-hydrogen) atoms. The van der Waals surface area contributed by atoms with Gasteiger partial charge in [0, 0.05) is 21.5 Å². The predicted molar refractivity (Wildman–Crippen MR) is 159 cm³/mol. The maximum atomic E-state index is 3.85. The lowest BCUT2D eigenvalue weighted by molar-refractivity contribution is 1.27. The van der Waals surface area contributed by atoms with Crippen molar-refractivity contribution in [3.8, 4) is 0 Å². The molecule has 0 aliphatic rings. The first kappa shape index (κ1) is 21.9. The highest BCUT2D eigenvalue weighted by atomic mass is 79.9. The minimum absolute atomic E-state index is 1.13. The minimum Gasteiger partial charge on any atom is -0.310 e. The molecule has 0 unspecified atom stereocenters. The second-order valence-corrected chi connectivity index (χ2v) is 10.3. The van der Waals surface area contributed by atoms with Gasteiger partial charge >= 0.3 is 0 Å². The molecule has 1 nitrogen and oxygen atoms in total. The third kappa shape index (κ3) is 3.81. The van der Waals surface area contributed by atoms with Crippen LogP contribution in [0.2, 0.25) is 0 Å². The van der Waals surface area contributed by atoms with Crippen molar-refractivity contribution in [2.24, 2.45) is 0 Å². The van der Waals surface area contributed by atoms with Gasteiger partial charge in [0.1, 0.15) is 7.85 Å². The van der Waals surface area contributed by atoms with Crippen LogP contribution in [0.25, 0.3) is 32.3 Å². The molecule has 0 N–H and O–H groups in total. The highest BCUT2D eigenvalue weighted by Gasteiger charge is 2.15. The molecule has 0 spiro atoms. The second kappa shape index (κ2) is 8.59. The zero-order valence-corrected chi connectivity index (χ0v) is 21.7. The Hall–Kier alpha value is -3.56. The Morgan fingerprint density at radius 3 is 1.66 bits per heavy atom. The minimum atomic E-state index is 1.13. The van der Waals surface area contributed by atoms with Crippen molar-refractivity contribution in [3.05, 3.63) is 119 Å². The molecule has 6 aromatic carbocycles. The maximum absolute atomic E-state index is 3.85. The number of hydrogen-bond donors (Lipinski definition) is 0. The van der Waals surface area contributed by atoms with Gasteiger partial charge in [-0.05, 0) is 88.6 Å². The van der Waals surface area contributed by atoms with Crippen molar-refractivity contribution in [1.82, 2.24) is 0 Å². The fraction of sp³-hybridized carbons (Fsp3) is 0.0625. The summed E-state index contributed by atoms with van der Waals surface area (Å²) in [7, 11) is 2.22. The van der Waals surface area contributed by atoms with Gasteiger partial charge in [-0.15, -0.1) is 0 Å². The van der Waals surface area contributed by atoms with E-state index in [1.807, 2.05) is 0 Å². The Balaban J connectivity index is 1.65. The quantitative estimate of drug-likeness (QED) is 0.170. The fourth-order valence-electron chi connectivity index (χ4n) is 5.10. The Labute approximate surface area is 215 Å². The molecule has 0 aliphatic heterocycles. The zero-order chi connectivity index (χ0) is 24.1. The van der Waals surface area contributed by atoms with Crippen LogP contribution < -0.4 is 10.4 Å². The molecule has 0 saturated carbocycles. The number of fused-ring (bicyclic) bond motifs is 5. The number of rotatable bonds is 3. The SMILES string of the molecule is Bc1cc2c3ccccc3c(Br)cc2c2cc(N(c3ccc(C)cc3)c3ccc(C)cc3)ccc12. The summed E-state index contributed by atoms with van der Waals surface area (Å²) in [4.78, 5) is 2.35. The van der Waals surface area contributed by atoms with E-state index < -0.39 is 0 Å². The smallest absolute Gasteiger partial charge is 0.140 e. The predicted octanol–water partition coefficient (Wildman–Crippen LogP) is 8.25. The first-order chi connectivity index (χ1) is 17.0. The van der Waals surface area contributed by atoms with E-state index in [4.69, 9.17) is 0 Å². The average molecular weight is 514 g/mol. The van der Waals surface area contributed by atoms with Crippen molar-refractivity contribution >= 4 is 78.6 Å². The summed E-state index contributed by atoms with van der Waals surface area (Å²) in [6.45, 7) is 4.26. The van der Waals surface area contributed by atoms with Crippen LogP contribution in [-0.4, -0.2) is 7.85 Å². The summed E-state index contributed by atoms with van der Waals surface area (Å²) in [5.74, 6) is 0. The standard InChI is InChI=1S/C32H25BBrN/c1-20-7-11-22(12-8-20)35(23-13-9-21(2)10-14-23)24-15-16-26-28(17-24)30-19-32(34)27-6-4-3-5-25(27)29(30)18-31(26)33/h3-19H,33H2,1-2H3. The van der Waals surface area contributed by atoms with Gasteiger partial charge in [-0.25, -0.2) is 0 Å². The van der Waals surface area contributed by atoms with Gasteiger partial charge < -0.3 is 4.90 Å². The molecule has 0 atom stereocenters. The van der Waals surface area contributed by atoms with Crippen molar-refractivity contribution in [2.75, 3.05) is 4.90 Å². The van der Waals surface area contributed by atoms with Gasteiger partial charge in [-0.3, -0.25) is 0 Å². The maximum Gasteiger partial charge on any atom is 0.140 e. The Bertz CT molecular complexity index is 1670. The first-order valence-electron chi connectivity index (χ1n) is 12.0. The van der Waals surface area contributed by atoms with Crippen molar-refractivity contribution in [2.45, 2.75) is 13.8 Å². The Morgan fingerprint density at radius 1 is 0.514 bits per heavy atom. The molecule has 0 bridgehead atoms. The number of aryl methyl sites for hydroxylation is 2. The molecule has 6 aromatic rings. The third-order valence-electron chi connectivity index (χ3n) is 6.96. The molecule has 6 rings (SSSR count). The summed E-state index contributed by atoms with van der Waals surface area (Å²) in [6.07, 6.45) is 0. The lowest BCUT2D eigenvalue weighted by atomic mass is 9.85. The van der Waals surface area contributed by atoms with Crippen LogP contribution in [0, 0.1) is 13.8 Å². The summed E-state index contributed by atoms with van der Waals surface area (Å²) in [6, 6.07) is 37.7. The van der Waals surface area contributed by atoms with E-state index >= 15 is 0 Å². The number of benzene rings is 6. The van der Waals surface area contributed by atoms with E-state index in [1.54, 1.807) is 0 Å². The van der Waals surface area contributed by atoms with Crippen molar-refractivity contribution in [3.63, 3.8) is 0 Å². The summed E-state index contributed by atoms with van der Waals surface area (Å²) in [5.41, 5.74) is 7.28. The van der Waals surface area contributed by atoms with Gasteiger partial charge in [0.2, 0.25) is 0 Å². The van der Waals surface area contributed by atoms with Gasteiger partial charge in [0.25, 0.3) is 0 Å². The number of hydrogen-bond acceptors (Lipinski definition) is 1. The molecule has 0 heterocycles. The van der Waals surface area contributed by atoms with Crippen LogP contribution in [0.3, 0.4) is 0 Å². The molecule has 0 saturated heterocycles. The highest BCUT2D eigenvalue weighted by molar-refractivity contribution is 9.10. The molecule has 168 valence electrons. The number of anilines is 3. The van der Waals surface area contributed by atoms with Gasteiger partial charge in [-0.1, -0.05) is 93.2 Å². The summed E-state index contributed by atoms with van der Waals surface area (Å²) >= 11 is 3.85. The molecule has 3 heteroatoms. The Morgan fingerprint density at radius 2 is 1.03 bits per heavy atom. The normalized spacial score (nSPS) is 11.4. The van der Waals surface area contributed by atoms with Gasteiger partial charge in [0.15, 0.2) is 0 Å². The molecule has 0 fully saturated rings. The summed E-state index contributed by atoms with van der Waals surface area (Å²) < 4.78 is 1.13. The van der Waals surface area contributed by atoms with E-state index in [0.29, 0.717) is 0 Å². The zero-order valence-electron chi connectivity index (χ0n) is 20.1. The first-order valence-corrected chi connectivity index (χ1v) is 12.8. The van der Waals surface area contributed by atoms with Crippen LogP contribution in [0.5, 0.6) is 0 Å². The van der Waals surface area contributed by atoms with E-state index in [0.717, 1.165) is 21.5 Å². The summed E-state index contributed by atoms with van der Waals surface area (Å²) in [5, 5.41) is 7.65. The third-order valence-corrected chi connectivity index (χ3v) is 7.61. The van der Waals surface area contributed by atoms with Crippen LogP contribution >= 0.6 is 15.9 Å². The van der Waals surface area contributed by atoms with Crippen LogP contribution in [0.1, 0.15) is 11.1 Å².